The van der Waals surface area contributed by atoms with E-state index in [0.29, 0.717) is 0 Å². The third kappa shape index (κ3) is 2.18. The Balaban J connectivity index is 2.11. The van der Waals surface area contributed by atoms with Crippen LogP contribution in [0.5, 0.6) is 0 Å². The molecule has 3 rings (SSSR count). The van der Waals surface area contributed by atoms with Crippen LogP contribution in [0.15, 0.2) is 66.2 Å². The van der Waals surface area contributed by atoms with Crippen LogP contribution in [-0.2, 0) is 0 Å². The van der Waals surface area contributed by atoms with Crippen molar-refractivity contribution in [1.29, 1.82) is 0 Å². The highest BCUT2D eigenvalue weighted by Crippen LogP contribution is 2.63. The van der Waals surface area contributed by atoms with Gasteiger partial charge in [0.15, 0.2) is 0 Å². The summed E-state index contributed by atoms with van der Waals surface area (Å²) >= 11 is 0. The molecule has 0 heterocycles. The summed E-state index contributed by atoms with van der Waals surface area (Å²) in [5.41, 5.74) is 5.26. The molecule has 0 fully saturated rings. The van der Waals surface area contributed by atoms with Crippen molar-refractivity contribution in [2.45, 2.75) is 27.7 Å². The minimum atomic E-state index is 0.0972. The summed E-state index contributed by atoms with van der Waals surface area (Å²) in [4.78, 5) is 0. The molecule has 0 saturated carbocycles. The summed E-state index contributed by atoms with van der Waals surface area (Å²) in [7, 11) is 0. The first-order chi connectivity index (χ1) is 10.4. The van der Waals surface area contributed by atoms with Crippen LogP contribution in [-0.4, -0.2) is 0 Å². The SMILES string of the molecule is CC1(C)C(C#Cc2ccccc2)=C(c2ccccc2)C1(C)C. The number of hydrogen-bond acceptors (Lipinski definition) is 0. The van der Waals surface area contributed by atoms with Gasteiger partial charge in [-0.05, 0) is 23.3 Å². The van der Waals surface area contributed by atoms with Crippen molar-refractivity contribution in [1.82, 2.24) is 0 Å². The summed E-state index contributed by atoms with van der Waals surface area (Å²) in [6.45, 7) is 9.24. The molecule has 0 unspecified atom stereocenters. The maximum atomic E-state index is 3.46. The largest absolute Gasteiger partial charge is 0.0652 e. The molecule has 110 valence electrons. The molecule has 0 aromatic heterocycles. The molecule has 0 aliphatic heterocycles. The van der Waals surface area contributed by atoms with Crippen molar-refractivity contribution in [3.63, 3.8) is 0 Å². The summed E-state index contributed by atoms with van der Waals surface area (Å²) in [6.07, 6.45) is 0. The van der Waals surface area contributed by atoms with E-state index in [-0.39, 0.29) is 10.8 Å². The Kier molecular flexibility index (Phi) is 3.45. The van der Waals surface area contributed by atoms with Crippen LogP contribution in [0.25, 0.3) is 5.57 Å². The van der Waals surface area contributed by atoms with Gasteiger partial charge in [-0.3, -0.25) is 0 Å². The van der Waals surface area contributed by atoms with Crippen LogP contribution in [0.2, 0.25) is 0 Å². The normalized spacial score (nSPS) is 18.2. The highest BCUT2D eigenvalue weighted by molar-refractivity contribution is 5.85. The third-order valence-corrected chi connectivity index (χ3v) is 5.23. The average Bonchev–Trinajstić information content (AvgIpc) is 2.52. The Morgan fingerprint density at radius 3 is 1.77 bits per heavy atom. The number of allylic oxidation sites excluding steroid dienone is 2. The Morgan fingerprint density at radius 1 is 0.636 bits per heavy atom. The molecule has 0 amide bonds. The molecule has 0 saturated heterocycles. The van der Waals surface area contributed by atoms with Gasteiger partial charge in [-0.2, -0.15) is 0 Å². The lowest BCUT2D eigenvalue weighted by Crippen LogP contribution is -2.45. The predicted molar refractivity (Wildman–Crippen MR) is 94.2 cm³/mol. The molecule has 1 aliphatic rings. The molecule has 0 atom stereocenters. The van der Waals surface area contributed by atoms with Crippen LogP contribution in [0, 0.1) is 22.7 Å². The monoisotopic (exact) mass is 286 g/mol. The standard InChI is InChI=1S/C22H22/c1-21(2)19(16-15-17-11-7-5-8-12-17)20(22(21,3)4)18-13-9-6-10-14-18/h5-14H,1-4H3. The third-order valence-electron chi connectivity index (χ3n) is 5.23. The van der Waals surface area contributed by atoms with Gasteiger partial charge >= 0.3 is 0 Å². The first kappa shape index (κ1) is 14.7. The van der Waals surface area contributed by atoms with Gasteiger partial charge in [-0.1, -0.05) is 88.1 Å². The van der Waals surface area contributed by atoms with Crippen LogP contribution in [0.1, 0.15) is 38.8 Å². The first-order valence-electron chi connectivity index (χ1n) is 7.82. The molecule has 2 aromatic rings. The van der Waals surface area contributed by atoms with E-state index < -0.39 is 0 Å². The molecule has 0 radical (unpaired) electrons. The van der Waals surface area contributed by atoms with Crippen LogP contribution < -0.4 is 0 Å². The van der Waals surface area contributed by atoms with E-state index >= 15 is 0 Å². The quantitative estimate of drug-likeness (QED) is 0.602. The average molecular weight is 286 g/mol. The zero-order valence-electron chi connectivity index (χ0n) is 13.8. The van der Waals surface area contributed by atoms with E-state index in [4.69, 9.17) is 0 Å². The Labute approximate surface area is 133 Å². The summed E-state index contributed by atoms with van der Waals surface area (Å²) in [5, 5.41) is 0. The fourth-order valence-corrected chi connectivity index (χ4v) is 3.17. The van der Waals surface area contributed by atoms with E-state index in [2.05, 4.69) is 82.0 Å². The molecular formula is C22H22. The second-order valence-corrected chi connectivity index (χ2v) is 6.98. The second-order valence-electron chi connectivity index (χ2n) is 6.98. The highest BCUT2D eigenvalue weighted by Gasteiger charge is 2.53. The summed E-state index contributed by atoms with van der Waals surface area (Å²) < 4.78 is 0. The van der Waals surface area contributed by atoms with Crippen molar-refractivity contribution in [3.8, 4) is 11.8 Å². The maximum absolute atomic E-state index is 3.46. The first-order valence-corrected chi connectivity index (χ1v) is 7.82. The van der Waals surface area contributed by atoms with Gasteiger partial charge in [-0.15, -0.1) is 0 Å². The zero-order valence-corrected chi connectivity index (χ0v) is 13.8. The minimum Gasteiger partial charge on any atom is -0.0652 e. The van der Waals surface area contributed by atoms with E-state index in [1.807, 2.05) is 18.2 Å². The van der Waals surface area contributed by atoms with Crippen LogP contribution in [0.4, 0.5) is 0 Å². The molecule has 0 heteroatoms. The fraction of sp³-hybridized carbons (Fsp3) is 0.273. The van der Waals surface area contributed by atoms with Gasteiger partial charge < -0.3 is 0 Å². The van der Waals surface area contributed by atoms with Crippen LogP contribution in [0.3, 0.4) is 0 Å². The smallest absolute Gasteiger partial charge is 0.0248 e. The lowest BCUT2D eigenvalue weighted by atomic mass is 9.48. The topological polar surface area (TPSA) is 0 Å². The number of benzene rings is 2. The predicted octanol–water partition coefficient (Wildman–Crippen LogP) is 5.56. The van der Waals surface area contributed by atoms with Gasteiger partial charge in [-0.25, -0.2) is 0 Å². The van der Waals surface area contributed by atoms with E-state index in [1.54, 1.807) is 0 Å². The molecule has 2 aromatic carbocycles. The lowest BCUT2D eigenvalue weighted by molar-refractivity contribution is 0.193. The summed E-state index contributed by atoms with van der Waals surface area (Å²) in [5.74, 6) is 6.79. The van der Waals surface area contributed by atoms with Gasteiger partial charge in [0, 0.05) is 22.0 Å². The van der Waals surface area contributed by atoms with E-state index in [0.717, 1.165) is 5.56 Å². The molecule has 0 bridgehead atoms. The van der Waals surface area contributed by atoms with Crippen LogP contribution >= 0.6 is 0 Å². The Bertz CT molecular complexity index is 763. The fourth-order valence-electron chi connectivity index (χ4n) is 3.17. The molecule has 0 nitrogen and oxygen atoms in total. The molecule has 22 heavy (non-hydrogen) atoms. The Hall–Kier alpha value is -2.26. The van der Waals surface area contributed by atoms with E-state index in [9.17, 15) is 0 Å². The second kappa shape index (κ2) is 5.18. The van der Waals surface area contributed by atoms with Crippen molar-refractivity contribution in [2.75, 3.05) is 0 Å². The lowest BCUT2D eigenvalue weighted by Gasteiger charge is -2.54. The van der Waals surface area contributed by atoms with Gasteiger partial charge in [0.1, 0.15) is 0 Å². The molecule has 0 N–H and O–H groups in total. The van der Waals surface area contributed by atoms with Crippen molar-refractivity contribution >= 4 is 5.57 Å². The molecular weight excluding hydrogens is 264 g/mol. The highest BCUT2D eigenvalue weighted by atomic mass is 14.5. The van der Waals surface area contributed by atoms with Crippen molar-refractivity contribution < 1.29 is 0 Å². The number of hydrogen-bond donors (Lipinski definition) is 0. The van der Waals surface area contributed by atoms with Crippen molar-refractivity contribution in [3.05, 3.63) is 77.4 Å². The van der Waals surface area contributed by atoms with Gasteiger partial charge in [0.2, 0.25) is 0 Å². The zero-order chi connectivity index (χ0) is 15.8. The molecule has 0 spiro atoms. The van der Waals surface area contributed by atoms with E-state index in [1.165, 1.54) is 16.7 Å². The van der Waals surface area contributed by atoms with Crippen molar-refractivity contribution in [2.24, 2.45) is 10.8 Å². The maximum Gasteiger partial charge on any atom is 0.0248 e. The Morgan fingerprint density at radius 2 is 1.18 bits per heavy atom. The molecule has 1 aliphatic carbocycles. The minimum absolute atomic E-state index is 0.0972. The number of rotatable bonds is 1. The van der Waals surface area contributed by atoms with Gasteiger partial charge in [0.05, 0.1) is 0 Å². The summed E-state index contributed by atoms with van der Waals surface area (Å²) in [6, 6.07) is 20.9. The van der Waals surface area contributed by atoms with Gasteiger partial charge in [0.25, 0.3) is 0 Å².